The van der Waals surface area contributed by atoms with Gasteiger partial charge in [-0.1, -0.05) is 54.6 Å². The molecule has 0 unspecified atom stereocenters. The maximum atomic E-state index is 11.7. The van der Waals surface area contributed by atoms with Crippen LogP contribution in [0.15, 0.2) is 65.1 Å². The molecule has 0 atom stereocenters. The summed E-state index contributed by atoms with van der Waals surface area (Å²) in [4.78, 5) is 0. The minimum absolute atomic E-state index is 0.434. The van der Waals surface area contributed by atoms with Crippen LogP contribution in [-0.2, 0) is 10.2 Å². The molecule has 1 aliphatic heterocycles. The normalized spacial score (nSPS) is 16.3. The molecule has 0 bridgehead atoms. The van der Waals surface area contributed by atoms with Crippen molar-refractivity contribution in [3.05, 3.63) is 71.8 Å². The molecule has 3 rings (SSSR count). The van der Waals surface area contributed by atoms with E-state index in [0.717, 1.165) is 11.1 Å². The second-order valence-electron chi connectivity index (χ2n) is 4.34. The van der Waals surface area contributed by atoms with Crippen LogP contribution >= 0.6 is 0 Å². The van der Waals surface area contributed by atoms with Gasteiger partial charge in [0.2, 0.25) is 0 Å². The first-order valence-corrected chi connectivity index (χ1v) is 7.53. The molecule has 0 saturated carbocycles. The first kappa shape index (κ1) is 12.6. The number of benzene rings is 2. The topological polar surface area (TPSA) is 58.5 Å². The minimum atomic E-state index is -3.66. The lowest BCUT2D eigenvalue weighted by Crippen LogP contribution is -2.19. The average Bonchev–Trinajstić information content (AvgIpc) is 2.45. The van der Waals surface area contributed by atoms with E-state index in [1.54, 1.807) is 18.2 Å². The zero-order valence-electron chi connectivity index (χ0n) is 10.5. The number of anilines is 1. The van der Waals surface area contributed by atoms with Gasteiger partial charge in [-0.2, -0.15) is 8.42 Å². The molecule has 1 aliphatic rings. The maximum Gasteiger partial charge on any atom is 0.342 e. The molecule has 0 radical (unpaired) electrons. The summed E-state index contributed by atoms with van der Waals surface area (Å²) in [6.07, 6.45) is 3.56. The molecule has 5 heteroatoms. The van der Waals surface area contributed by atoms with Crippen molar-refractivity contribution in [1.82, 2.24) is 0 Å². The second-order valence-corrected chi connectivity index (χ2v) is 5.68. The zero-order valence-corrected chi connectivity index (χ0v) is 11.3. The van der Waals surface area contributed by atoms with Crippen LogP contribution in [0.1, 0.15) is 11.1 Å². The highest BCUT2D eigenvalue weighted by Gasteiger charge is 2.20. The van der Waals surface area contributed by atoms with Crippen molar-refractivity contribution in [1.29, 1.82) is 0 Å². The molecule has 100 valence electrons. The number of nitrogens with one attached hydrogen (secondary N) is 1. The quantitative estimate of drug-likeness (QED) is 0.921. The Bertz CT molecular complexity index is 794. The molecule has 0 aliphatic carbocycles. The van der Waals surface area contributed by atoms with Crippen molar-refractivity contribution < 1.29 is 8.42 Å². The van der Waals surface area contributed by atoms with Gasteiger partial charge in [-0.15, -0.1) is 4.40 Å². The van der Waals surface area contributed by atoms with Gasteiger partial charge in [-0.05, 0) is 17.7 Å². The Morgan fingerprint density at radius 3 is 2.40 bits per heavy atom. The Hall–Kier alpha value is -2.40. The summed E-state index contributed by atoms with van der Waals surface area (Å²) in [6.45, 7) is 0. The van der Waals surface area contributed by atoms with Crippen LogP contribution in [-0.4, -0.2) is 14.1 Å². The van der Waals surface area contributed by atoms with Gasteiger partial charge in [0.25, 0.3) is 0 Å². The summed E-state index contributed by atoms with van der Waals surface area (Å²) >= 11 is 0. The molecule has 4 nitrogen and oxygen atoms in total. The molecule has 0 aromatic heterocycles. The number of rotatable bonds is 2. The van der Waals surface area contributed by atoms with E-state index in [1.165, 1.54) is 0 Å². The second kappa shape index (κ2) is 4.94. The highest BCUT2D eigenvalue weighted by molar-refractivity contribution is 7.91. The van der Waals surface area contributed by atoms with Crippen LogP contribution in [0.25, 0.3) is 6.08 Å². The van der Waals surface area contributed by atoms with E-state index in [9.17, 15) is 8.42 Å². The largest absolute Gasteiger partial charge is 0.342 e. The molecule has 2 aromatic carbocycles. The molecule has 1 heterocycles. The van der Waals surface area contributed by atoms with E-state index in [1.807, 2.05) is 48.5 Å². The molecule has 0 fully saturated rings. The highest BCUT2D eigenvalue weighted by Crippen LogP contribution is 2.23. The number of nitrogens with zero attached hydrogens (tertiary/aromatic N) is 1. The lowest BCUT2D eigenvalue weighted by Gasteiger charge is -2.15. The molecular formula is C15H12N2O2S. The molecule has 0 saturated heterocycles. The van der Waals surface area contributed by atoms with E-state index in [-0.39, 0.29) is 0 Å². The molecule has 1 N–H and O–H groups in total. The van der Waals surface area contributed by atoms with Crippen LogP contribution in [0.2, 0.25) is 0 Å². The molecule has 0 spiro atoms. The van der Waals surface area contributed by atoms with Gasteiger partial charge in [0.1, 0.15) is 0 Å². The van der Waals surface area contributed by atoms with E-state index in [4.69, 9.17) is 0 Å². The van der Waals surface area contributed by atoms with Crippen LogP contribution in [0.3, 0.4) is 0 Å². The number of hydrogen-bond donors (Lipinski definition) is 1. The van der Waals surface area contributed by atoms with Gasteiger partial charge in [0, 0.05) is 5.56 Å². The van der Waals surface area contributed by atoms with Crippen LogP contribution in [0.5, 0.6) is 0 Å². The summed E-state index contributed by atoms with van der Waals surface area (Å²) < 4.78 is 29.6. The Morgan fingerprint density at radius 2 is 1.60 bits per heavy atom. The summed E-state index contributed by atoms with van der Waals surface area (Å²) in [5.41, 5.74) is 2.75. The third kappa shape index (κ3) is 2.62. The van der Waals surface area contributed by atoms with E-state index in [0.29, 0.717) is 11.4 Å². The monoisotopic (exact) mass is 284 g/mol. The van der Waals surface area contributed by atoms with E-state index >= 15 is 0 Å². The number of fused-ring (bicyclic) bond motifs is 1. The first-order valence-electron chi connectivity index (χ1n) is 6.09. The van der Waals surface area contributed by atoms with Crippen molar-refractivity contribution >= 4 is 27.7 Å². The van der Waals surface area contributed by atoms with Crippen LogP contribution < -0.4 is 4.72 Å². The van der Waals surface area contributed by atoms with Gasteiger partial charge >= 0.3 is 10.2 Å². The number of hydrogen-bond acceptors (Lipinski definition) is 2. The maximum absolute atomic E-state index is 11.7. The molecular weight excluding hydrogens is 272 g/mol. The lowest BCUT2D eigenvalue weighted by atomic mass is 10.1. The fourth-order valence-electron chi connectivity index (χ4n) is 2.00. The van der Waals surface area contributed by atoms with Crippen molar-refractivity contribution in [2.45, 2.75) is 0 Å². The average molecular weight is 284 g/mol. The summed E-state index contributed by atoms with van der Waals surface area (Å²) in [5.74, 6) is 0. The predicted octanol–water partition coefficient (Wildman–Crippen LogP) is 2.86. The van der Waals surface area contributed by atoms with E-state index in [2.05, 4.69) is 9.12 Å². The summed E-state index contributed by atoms with van der Waals surface area (Å²) in [6, 6.07) is 16.9. The SMILES string of the molecule is O=S1(=O)N=C(/C=C/c2ccccc2)c2ccccc2N1. The van der Waals surface area contributed by atoms with Crippen molar-refractivity contribution in [3.63, 3.8) is 0 Å². The predicted molar refractivity (Wildman–Crippen MR) is 81.0 cm³/mol. The van der Waals surface area contributed by atoms with Crippen LogP contribution in [0.4, 0.5) is 5.69 Å². The molecule has 20 heavy (non-hydrogen) atoms. The fourth-order valence-corrected chi connectivity index (χ4v) is 2.92. The van der Waals surface area contributed by atoms with Crippen molar-refractivity contribution in [2.24, 2.45) is 4.40 Å². The highest BCUT2D eigenvalue weighted by atomic mass is 32.2. The summed E-state index contributed by atoms with van der Waals surface area (Å²) in [5, 5.41) is 0. The first-order chi connectivity index (χ1) is 9.64. The van der Waals surface area contributed by atoms with Gasteiger partial charge < -0.3 is 0 Å². The van der Waals surface area contributed by atoms with Gasteiger partial charge in [0.15, 0.2) is 0 Å². The van der Waals surface area contributed by atoms with E-state index < -0.39 is 10.2 Å². The lowest BCUT2D eigenvalue weighted by molar-refractivity contribution is 0.603. The zero-order chi connectivity index (χ0) is 14.0. The standard InChI is InChI=1S/C15H12N2O2S/c18-20(19)16-14-9-5-4-8-13(14)15(17-20)11-10-12-6-2-1-3-7-12/h1-11,16H/b11-10+. The minimum Gasteiger partial charge on any atom is -0.264 e. The molecule has 0 amide bonds. The van der Waals surface area contributed by atoms with Crippen molar-refractivity contribution in [2.75, 3.05) is 4.72 Å². The molecule has 2 aromatic rings. The van der Waals surface area contributed by atoms with Crippen LogP contribution in [0, 0.1) is 0 Å². The van der Waals surface area contributed by atoms with Gasteiger partial charge in [-0.3, -0.25) is 4.72 Å². The number of allylic oxidation sites excluding steroid dienone is 1. The van der Waals surface area contributed by atoms with Crippen molar-refractivity contribution in [3.8, 4) is 0 Å². The Balaban J connectivity index is 2.03. The number of para-hydroxylation sites is 1. The fraction of sp³-hybridized carbons (Fsp3) is 0. The van der Waals surface area contributed by atoms with Gasteiger partial charge in [-0.25, -0.2) is 0 Å². The Labute approximate surface area is 117 Å². The third-order valence-electron chi connectivity index (χ3n) is 2.89. The smallest absolute Gasteiger partial charge is 0.264 e. The summed E-state index contributed by atoms with van der Waals surface area (Å²) in [7, 11) is -3.66. The Kier molecular flexibility index (Phi) is 3.12. The Morgan fingerprint density at radius 1 is 0.900 bits per heavy atom. The third-order valence-corrected chi connectivity index (χ3v) is 3.81. The van der Waals surface area contributed by atoms with Gasteiger partial charge in [0.05, 0.1) is 11.4 Å².